The summed E-state index contributed by atoms with van der Waals surface area (Å²) in [5.74, 6) is -0.665. The highest BCUT2D eigenvalue weighted by molar-refractivity contribution is 7.99. The van der Waals surface area contributed by atoms with E-state index in [9.17, 15) is 14.9 Å². The molecule has 0 spiro atoms. The van der Waals surface area contributed by atoms with E-state index in [1.54, 1.807) is 17.8 Å². The third kappa shape index (κ3) is 3.56. The Morgan fingerprint density at radius 1 is 1.07 bits per heavy atom. The van der Waals surface area contributed by atoms with Crippen LogP contribution >= 0.6 is 11.8 Å². The number of hydrogen-bond acceptors (Lipinski definition) is 6. The van der Waals surface area contributed by atoms with Gasteiger partial charge >= 0.3 is 5.97 Å². The highest BCUT2D eigenvalue weighted by Gasteiger charge is 2.28. The maximum absolute atomic E-state index is 13.0. The Morgan fingerprint density at radius 3 is 2.60 bits per heavy atom. The number of benzene rings is 3. The second-order valence-corrected chi connectivity index (χ2v) is 7.81. The predicted octanol–water partition coefficient (Wildman–Crippen LogP) is 4.57. The number of allylic oxidation sites excluding steroid dienone is 1. The van der Waals surface area contributed by atoms with E-state index in [2.05, 4.69) is 10.1 Å². The fraction of sp³-hybridized carbons (Fsp3) is 0.125. The first-order chi connectivity index (χ1) is 14.6. The molecule has 0 bridgehead atoms. The molecule has 6 heteroatoms. The molecule has 1 aliphatic carbocycles. The van der Waals surface area contributed by atoms with Crippen molar-refractivity contribution >= 4 is 40.0 Å². The first-order valence-corrected chi connectivity index (χ1v) is 10.2. The van der Waals surface area contributed by atoms with Crippen LogP contribution in [0.25, 0.3) is 16.5 Å². The number of nitrogens with zero attached hydrogens (tertiary/aromatic N) is 1. The van der Waals surface area contributed by atoms with E-state index in [-0.39, 0.29) is 30.3 Å². The van der Waals surface area contributed by atoms with Crippen molar-refractivity contribution in [3.63, 3.8) is 0 Å². The van der Waals surface area contributed by atoms with Crippen LogP contribution in [-0.2, 0) is 9.53 Å². The highest BCUT2D eigenvalue weighted by Crippen LogP contribution is 2.41. The molecule has 5 nitrogen and oxygen atoms in total. The molecular formula is C24H18N2O3S. The summed E-state index contributed by atoms with van der Waals surface area (Å²) in [4.78, 5) is 26.6. The van der Waals surface area contributed by atoms with Crippen LogP contribution in [0.1, 0.15) is 22.3 Å². The van der Waals surface area contributed by atoms with Gasteiger partial charge in [-0.15, -0.1) is 0 Å². The van der Waals surface area contributed by atoms with Crippen molar-refractivity contribution < 1.29 is 14.3 Å². The van der Waals surface area contributed by atoms with Gasteiger partial charge in [0.2, 0.25) is 5.78 Å². The summed E-state index contributed by atoms with van der Waals surface area (Å²) in [6, 6.07) is 21.6. The number of carbonyl (C=O) groups is 2. The number of carbonyl (C=O) groups excluding carboxylic acids is 2. The van der Waals surface area contributed by atoms with Crippen molar-refractivity contribution in [1.29, 1.82) is 5.26 Å². The number of rotatable bonds is 6. The lowest BCUT2D eigenvalue weighted by Crippen LogP contribution is -2.24. The molecule has 148 valence electrons. The lowest BCUT2D eigenvalue weighted by atomic mass is 9.86. The van der Waals surface area contributed by atoms with Crippen molar-refractivity contribution in [2.75, 3.05) is 13.7 Å². The van der Waals surface area contributed by atoms with Crippen molar-refractivity contribution in [3.05, 3.63) is 77.4 Å². The van der Waals surface area contributed by atoms with Gasteiger partial charge < -0.3 is 10.1 Å². The molecule has 0 atom stereocenters. The number of ketones is 1. The van der Waals surface area contributed by atoms with Crippen molar-refractivity contribution in [2.24, 2.45) is 0 Å². The minimum Gasteiger partial charge on any atom is -0.469 e. The van der Waals surface area contributed by atoms with Gasteiger partial charge in [0.15, 0.2) is 0 Å². The molecule has 0 aliphatic heterocycles. The van der Waals surface area contributed by atoms with Gasteiger partial charge in [0.1, 0.15) is 11.6 Å². The van der Waals surface area contributed by atoms with Crippen molar-refractivity contribution in [2.45, 2.75) is 16.2 Å². The summed E-state index contributed by atoms with van der Waals surface area (Å²) >= 11 is 1.63. The Balaban J connectivity index is 1.81. The summed E-state index contributed by atoms with van der Waals surface area (Å²) in [6.45, 7) is 0.268. The molecule has 3 aromatic carbocycles. The van der Waals surface area contributed by atoms with E-state index in [0.29, 0.717) is 11.3 Å². The molecule has 4 rings (SSSR count). The quantitative estimate of drug-likeness (QED) is 0.595. The number of hydrogen-bond donors (Lipinski definition) is 1. The van der Waals surface area contributed by atoms with Crippen LogP contribution < -0.4 is 5.32 Å². The second kappa shape index (κ2) is 8.44. The number of Topliss-reactive ketones (excluding diaryl/α,β-unsaturated/α-hetero) is 1. The molecule has 30 heavy (non-hydrogen) atoms. The van der Waals surface area contributed by atoms with E-state index in [0.717, 1.165) is 26.1 Å². The van der Waals surface area contributed by atoms with Crippen LogP contribution in [0.4, 0.5) is 0 Å². The SMILES string of the molecule is COC(=O)CCNC1=C(C#N)C(=O)c2cccc3c(Sc4ccccc4)ccc1c23. The van der Waals surface area contributed by atoms with Crippen LogP contribution in [0.3, 0.4) is 0 Å². The zero-order valence-electron chi connectivity index (χ0n) is 16.3. The summed E-state index contributed by atoms with van der Waals surface area (Å²) in [6.07, 6.45) is 0.139. The van der Waals surface area contributed by atoms with E-state index in [1.165, 1.54) is 7.11 Å². The molecule has 0 amide bonds. The van der Waals surface area contributed by atoms with E-state index in [1.807, 2.05) is 60.7 Å². The summed E-state index contributed by atoms with van der Waals surface area (Å²) in [5, 5.41) is 14.5. The molecule has 0 fully saturated rings. The van der Waals surface area contributed by atoms with Crippen LogP contribution in [-0.4, -0.2) is 25.4 Å². The Kier molecular flexibility index (Phi) is 5.55. The molecule has 1 aliphatic rings. The maximum Gasteiger partial charge on any atom is 0.307 e. The van der Waals surface area contributed by atoms with E-state index >= 15 is 0 Å². The van der Waals surface area contributed by atoms with E-state index < -0.39 is 0 Å². The van der Waals surface area contributed by atoms with Crippen molar-refractivity contribution in [1.82, 2.24) is 5.32 Å². The standard InChI is InChI=1S/C24H18N2O3S/c1-29-21(27)12-13-26-23-17-10-11-20(30-15-6-3-2-4-7-15)16-8-5-9-18(22(16)17)24(28)19(23)14-25/h2-11,26H,12-13H2,1H3. The lowest BCUT2D eigenvalue weighted by Gasteiger charge is -2.22. The zero-order valence-corrected chi connectivity index (χ0v) is 17.1. The Morgan fingerprint density at radius 2 is 1.87 bits per heavy atom. The van der Waals surface area contributed by atoms with Gasteiger partial charge in [0.05, 0.1) is 19.2 Å². The minimum atomic E-state index is -0.358. The fourth-order valence-corrected chi connectivity index (χ4v) is 4.51. The number of nitrogens with one attached hydrogen (secondary N) is 1. The topological polar surface area (TPSA) is 79.2 Å². The third-order valence-electron chi connectivity index (χ3n) is 4.93. The van der Waals surface area contributed by atoms with Gasteiger partial charge in [-0.3, -0.25) is 9.59 Å². The predicted molar refractivity (Wildman–Crippen MR) is 116 cm³/mol. The van der Waals surface area contributed by atoms with Crippen LogP contribution in [0.15, 0.2) is 76.0 Å². The van der Waals surface area contributed by atoms with Crippen LogP contribution in [0, 0.1) is 11.3 Å². The van der Waals surface area contributed by atoms with Crippen LogP contribution in [0.2, 0.25) is 0 Å². The highest BCUT2D eigenvalue weighted by atomic mass is 32.2. The number of methoxy groups -OCH3 is 1. The monoisotopic (exact) mass is 414 g/mol. The molecule has 0 radical (unpaired) electrons. The largest absolute Gasteiger partial charge is 0.469 e. The van der Waals surface area contributed by atoms with Crippen molar-refractivity contribution in [3.8, 4) is 6.07 Å². The number of ether oxygens (including phenoxy) is 1. The van der Waals surface area contributed by atoms with Gasteiger partial charge in [0, 0.05) is 32.8 Å². The first kappa shape index (κ1) is 19.7. The molecule has 0 unspecified atom stereocenters. The van der Waals surface area contributed by atoms with Gasteiger partial charge in [-0.25, -0.2) is 0 Å². The number of esters is 1. The first-order valence-electron chi connectivity index (χ1n) is 9.42. The molecule has 0 heterocycles. The third-order valence-corrected chi connectivity index (χ3v) is 6.02. The summed E-state index contributed by atoms with van der Waals surface area (Å²) in [5.41, 5.74) is 1.83. The maximum atomic E-state index is 13.0. The van der Waals surface area contributed by atoms with Crippen LogP contribution in [0.5, 0.6) is 0 Å². The molecule has 0 saturated heterocycles. The van der Waals surface area contributed by atoms with Gasteiger partial charge in [0.25, 0.3) is 0 Å². The summed E-state index contributed by atoms with van der Waals surface area (Å²) in [7, 11) is 1.33. The normalized spacial score (nSPS) is 12.6. The molecular weight excluding hydrogens is 396 g/mol. The Labute approximate surface area is 178 Å². The average Bonchev–Trinajstić information content (AvgIpc) is 2.78. The number of nitriles is 1. The lowest BCUT2D eigenvalue weighted by molar-refractivity contribution is -0.140. The summed E-state index contributed by atoms with van der Waals surface area (Å²) < 4.78 is 4.67. The average molecular weight is 414 g/mol. The fourth-order valence-electron chi connectivity index (χ4n) is 3.55. The second-order valence-electron chi connectivity index (χ2n) is 6.70. The molecule has 0 aromatic heterocycles. The molecule has 1 N–H and O–H groups in total. The zero-order chi connectivity index (χ0) is 21.1. The molecule has 0 saturated carbocycles. The van der Waals surface area contributed by atoms with E-state index in [4.69, 9.17) is 0 Å². The Bertz CT molecular complexity index is 1230. The van der Waals surface area contributed by atoms with Gasteiger partial charge in [-0.05, 0) is 23.6 Å². The van der Waals surface area contributed by atoms with Gasteiger partial charge in [-0.1, -0.05) is 54.2 Å². The minimum absolute atomic E-state index is 0.0586. The Hall–Kier alpha value is -3.56. The smallest absolute Gasteiger partial charge is 0.307 e. The molecule has 3 aromatic rings. The van der Waals surface area contributed by atoms with Gasteiger partial charge in [-0.2, -0.15) is 5.26 Å².